The van der Waals surface area contributed by atoms with E-state index in [4.69, 9.17) is 15.2 Å². The van der Waals surface area contributed by atoms with Crippen molar-refractivity contribution in [1.29, 1.82) is 0 Å². The Kier molecular flexibility index (Phi) is 5.94. The minimum atomic E-state index is 0.449. The largest absolute Gasteiger partial charge is 0.475 e. The van der Waals surface area contributed by atoms with Crippen molar-refractivity contribution in [2.24, 2.45) is 5.73 Å². The third-order valence-electron chi connectivity index (χ3n) is 2.46. The second-order valence-corrected chi connectivity index (χ2v) is 4.03. The van der Waals surface area contributed by atoms with E-state index in [0.29, 0.717) is 25.6 Å². The lowest BCUT2D eigenvalue weighted by Gasteiger charge is -2.12. The maximum atomic E-state index is 5.70. The topological polar surface area (TPSA) is 57.4 Å². The molecule has 1 aromatic heterocycles. The van der Waals surface area contributed by atoms with Crippen LogP contribution in [0.2, 0.25) is 0 Å². The monoisotopic (exact) mass is 238 g/mol. The van der Waals surface area contributed by atoms with Crippen LogP contribution in [0.4, 0.5) is 0 Å². The van der Waals surface area contributed by atoms with Crippen molar-refractivity contribution < 1.29 is 9.47 Å². The smallest absolute Gasteiger partial charge is 0.218 e. The molecule has 2 N–H and O–H groups in total. The Hall–Kier alpha value is -1.13. The molecule has 0 unspecified atom stereocenters. The average molecular weight is 238 g/mol. The highest BCUT2D eigenvalue weighted by Gasteiger charge is 2.08. The highest BCUT2D eigenvalue weighted by Crippen LogP contribution is 2.20. The fourth-order valence-electron chi connectivity index (χ4n) is 1.64. The molecule has 4 nitrogen and oxygen atoms in total. The summed E-state index contributed by atoms with van der Waals surface area (Å²) in [7, 11) is 0. The van der Waals surface area contributed by atoms with Crippen molar-refractivity contribution in [1.82, 2.24) is 4.98 Å². The fourth-order valence-corrected chi connectivity index (χ4v) is 1.64. The Balaban J connectivity index is 2.57. The number of rotatable bonds is 7. The molecule has 0 radical (unpaired) electrons. The van der Waals surface area contributed by atoms with Gasteiger partial charge in [0, 0.05) is 24.4 Å². The van der Waals surface area contributed by atoms with E-state index in [1.165, 1.54) is 0 Å². The van der Waals surface area contributed by atoms with Crippen molar-refractivity contribution >= 4 is 0 Å². The van der Waals surface area contributed by atoms with Gasteiger partial charge < -0.3 is 15.2 Å². The van der Waals surface area contributed by atoms with E-state index in [0.717, 1.165) is 29.8 Å². The summed E-state index contributed by atoms with van der Waals surface area (Å²) in [6, 6.07) is 2.02. The summed E-state index contributed by atoms with van der Waals surface area (Å²) < 4.78 is 11.0. The van der Waals surface area contributed by atoms with Crippen LogP contribution in [0.15, 0.2) is 6.07 Å². The molecule has 1 aromatic rings. The standard InChI is InChI=1S/C13H22N2O2/c1-4-5-16-6-7-17-13-12(9-14)10(2)8-11(3)15-13/h8H,4-7,9,14H2,1-3H3. The van der Waals surface area contributed by atoms with E-state index < -0.39 is 0 Å². The number of aromatic nitrogens is 1. The normalized spacial score (nSPS) is 10.6. The van der Waals surface area contributed by atoms with E-state index in [9.17, 15) is 0 Å². The Bertz CT molecular complexity index is 354. The van der Waals surface area contributed by atoms with Crippen LogP contribution >= 0.6 is 0 Å². The highest BCUT2D eigenvalue weighted by atomic mass is 16.5. The molecule has 1 rings (SSSR count). The first-order valence-corrected chi connectivity index (χ1v) is 6.06. The first-order chi connectivity index (χ1) is 8.19. The predicted molar refractivity (Wildman–Crippen MR) is 68.2 cm³/mol. The Labute approximate surface area is 103 Å². The summed E-state index contributed by atoms with van der Waals surface area (Å²) in [5.74, 6) is 0.644. The highest BCUT2D eigenvalue weighted by molar-refractivity contribution is 5.35. The maximum Gasteiger partial charge on any atom is 0.218 e. The zero-order chi connectivity index (χ0) is 12.7. The zero-order valence-corrected chi connectivity index (χ0v) is 11.0. The number of hydrogen-bond acceptors (Lipinski definition) is 4. The number of pyridine rings is 1. The van der Waals surface area contributed by atoms with E-state index in [2.05, 4.69) is 11.9 Å². The van der Waals surface area contributed by atoms with Gasteiger partial charge >= 0.3 is 0 Å². The first-order valence-electron chi connectivity index (χ1n) is 6.06. The number of aryl methyl sites for hydroxylation is 2. The fraction of sp³-hybridized carbons (Fsp3) is 0.615. The van der Waals surface area contributed by atoms with E-state index in [1.807, 2.05) is 19.9 Å². The van der Waals surface area contributed by atoms with Gasteiger partial charge in [0.2, 0.25) is 5.88 Å². The third kappa shape index (κ3) is 4.32. The molecular weight excluding hydrogens is 216 g/mol. The number of hydrogen-bond donors (Lipinski definition) is 1. The molecule has 96 valence electrons. The second-order valence-electron chi connectivity index (χ2n) is 4.03. The van der Waals surface area contributed by atoms with Crippen LogP contribution in [0.5, 0.6) is 5.88 Å². The van der Waals surface area contributed by atoms with Gasteiger partial charge in [-0.05, 0) is 31.9 Å². The van der Waals surface area contributed by atoms with Crippen LogP contribution in [0, 0.1) is 13.8 Å². The molecule has 0 aromatic carbocycles. The Morgan fingerprint density at radius 1 is 1.24 bits per heavy atom. The summed E-state index contributed by atoms with van der Waals surface area (Å²) in [4.78, 5) is 4.36. The van der Waals surface area contributed by atoms with Gasteiger partial charge in [-0.2, -0.15) is 0 Å². The predicted octanol–water partition coefficient (Wildman–Crippen LogP) is 1.96. The van der Waals surface area contributed by atoms with Crippen molar-refractivity contribution in [3.8, 4) is 5.88 Å². The number of nitrogens with zero attached hydrogens (tertiary/aromatic N) is 1. The zero-order valence-electron chi connectivity index (χ0n) is 11.0. The molecule has 0 fully saturated rings. The van der Waals surface area contributed by atoms with Crippen molar-refractivity contribution in [3.63, 3.8) is 0 Å². The van der Waals surface area contributed by atoms with Gasteiger partial charge in [-0.1, -0.05) is 6.92 Å². The lowest BCUT2D eigenvalue weighted by molar-refractivity contribution is 0.0985. The molecular formula is C13H22N2O2. The molecule has 0 amide bonds. The number of nitrogens with two attached hydrogens (primary N) is 1. The average Bonchev–Trinajstić information content (AvgIpc) is 2.28. The second kappa shape index (κ2) is 7.25. The van der Waals surface area contributed by atoms with Gasteiger partial charge in [0.05, 0.1) is 6.61 Å². The summed E-state index contributed by atoms with van der Waals surface area (Å²) in [6.07, 6.45) is 1.02. The lowest BCUT2D eigenvalue weighted by Crippen LogP contribution is -2.12. The van der Waals surface area contributed by atoms with Crippen molar-refractivity contribution in [3.05, 3.63) is 22.9 Å². The van der Waals surface area contributed by atoms with E-state index in [-0.39, 0.29) is 0 Å². The Morgan fingerprint density at radius 2 is 2.00 bits per heavy atom. The molecule has 0 bridgehead atoms. The van der Waals surface area contributed by atoms with Gasteiger partial charge in [-0.3, -0.25) is 0 Å². The molecule has 1 heterocycles. The van der Waals surface area contributed by atoms with Crippen LogP contribution in [-0.2, 0) is 11.3 Å². The summed E-state index contributed by atoms with van der Waals surface area (Å²) in [6.45, 7) is 8.39. The van der Waals surface area contributed by atoms with Crippen LogP contribution in [0.25, 0.3) is 0 Å². The van der Waals surface area contributed by atoms with Crippen molar-refractivity contribution in [2.75, 3.05) is 19.8 Å². The minimum absolute atomic E-state index is 0.449. The molecule has 4 heteroatoms. The van der Waals surface area contributed by atoms with Gasteiger partial charge in [-0.25, -0.2) is 4.98 Å². The van der Waals surface area contributed by atoms with Gasteiger partial charge in [0.25, 0.3) is 0 Å². The molecule has 0 aliphatic heterocycles. The first kappa shape index (κ1) is 13.9. The third-order valence-corrected chi connectivity index (χ3v) is 2.46. The molecule has 17 heavy (non-hydrogen) atoms. The van der Waals surface area contributed by atoms with E-state index in [1.54, 1.807) is 0 Å². The summed E-state index contributed by atoms with van der Waals surface area (Å²) in [5.41, 5.74) is 8.76. The molecule has 0 aliphatic carbocycles. The maximum absolute atomic E-state index is 5.70. The minimum Gasteiger partial charge on any atom is -0.475 e. The lowest BCUT2D eigenvalue weighted by atomic mass is 10.1. The Morgan fingerprint density at radius 3 is 2.65 bits per heavy atom. The quantitative estimate of drug-likeness (QED) is 0.738. The van der Waals surface area contributed by atoms with Crippen LogP contribution in [-0.4, -0.2) is 24.8 Å². The summed E-state index contributed by atoms with van der Waals surface area (Å²) in [5, 5.41) is 0. The van der Waals surface area contributed by atoms with Crippen LogP contribution in [0.3, 0.4) is 0 Å². The van der Waals surface area contributed by atoms with Gasteiger partial charge in [-0.15, -0.1) is 0 Å². The van der Waals surface area contributed by atoms with Crippen LogP contribution < -0.4 is 10.5 Å². The van der Waals surface area contributed by atoms with Gasteiger partial charge in [0.15, 0.2) is 0 Å². The molecule has 0 spiro atoms. The van der Waals surface area contributed by atoms with Gasteiger partial charge in [0.1, 0.15) is 6.61 Å². The summed E-state index contributed by atoms with van der Waals surface area (Å²) >= 11 is 0. The molecule has 0 saturated carbocycles. The number of ether oxygens (including phenoxy) is 2. The molecule has 0 saturated heterocycles. The molecule has 0 atom stereocenters. The van der Waals surface area contributed by atoms with E-state index >= 15 is 0 Å². The molecule has 0 aliphatic rings. The van der Waals surface area contributed by atoms with Crippen LogP contribution in [0.1, 0.15) is 30.2 Å². The SMILES string of the molecule is CCCOCCOc1nc(C)cc(C)c1CN. The van der Waals surface area contributed by atoms with Crippen molar-refractivity contribution in [2.45, 2.75) is 33.7 Å².